The minimum atomic E-state index is -0.707. The number of rotatable bonds is 3. The van der Waals surface area contributed by atoms with E-state index in [1.165, 1.54) is 7.11 Å². The van der Waals surface area contributed by atoms with Gasteiger partial charge in [-0.3, -0.25) is 0 Å². The molecule has 1 heterocycles. The molecule has 0 bridgehead atoms. The van der Waals surface area contributed by atoms with Crippen molar-refractivity contribution in [1.82, 2.24) is 4.90 Å². The summed E-state index contributed by atoms with van der Waals surface area (Å²) in [5.41, 5.74) is 1.46. The van der Waals surface area contributed by atoms with Crippen LogP contribution in [0.1, 0.15) is 26.7 Å². The summed E-state index contributed by atoms with van der Waals surface area (Å²) in [6.45, 7) is 5.27. The molecule has 0 spiro atoms. The Morgan fingerprint density at radius 2 is 1.63 bits per heavy atom. The van der Waals surface area contributed by atoms with Crippen LogP contribution < -0.4 is 0 Å². The number of nitriles is 2. The standard InChI is InChI=1S/C14H17N3O2/c1-10(13(9-16)14(18)19-3)12(8-15)11(2)17-6-4-5-7-17/h4-7H2,1-3H3/b12-11+,13-10-. The van der Waals surface area contributed by atoms with Crippen LogP contribution in [0.25, 0.3) is 0 Å². The lowest BCUT2D eigenvalue weighted by molar-refractivity contribution is -0.135. The molecule has 1 aliphatic rings. The molecule has 0 unspecified atom stereocenters. The van der Waals surface area contributed by atoms with Gasteiger partial charge in [-0.05, 0) is 32.3 Å². The van der Waals surface area contributed by atoms with Crippen LogP contribution in [0.4, 0.5) is 0 Å². The largest absolute Gasteiger partial charge is 0.465 e. The van der Waals surface area contributed by atoms with E-state index in [9.17, 15) is 10.1 Å². The van der Waals surface area contributed by atoms with Crippen LogP contribution in [-0.4, -0.2) is 31.1 Å². The average molecular weight is 259 g/mol. The quantitative estimate of drug-likeness (QED) is 0.335. The smallest absolute Gasteiger partial charge is 0.348 e. The summed E-state index contributed by atoms with van der Waals surface area (Å²) in [5, 5.41) is 18.3. The third kappa shape index (κ3) is 3.14. The maximum Gasteiger partial charge on any atom is 0.348 e. The van der Waals surface area contributed by atoms with Crippen molar-refractivity contribution in [2.75, 3.05) is 20.2 Å². The Morgan fingerprint density at radius 1 is 1.11 bits per heavy atom. The molecule has 0 aromatic carbocycles. The molecule has 0 aromatic rings. The lowest BCUT2D eigenvalue weighted by atomic mass is 10.0. The van der Waals surface area contributed by atoms with Gasteiger partial charge in [-0.25, -0.2) is 4.79 Å². The van der Waals surface area contributed by atoms with Crippen LogP contribution in [0.5, 0.6) is 0 Å². The molecule has 5 heteroatoms. The normalized spacial score (nSPS) is 17.0. The summed E-state index contributed by atoms with van der Waals surface area (Å²) in [4.78, 5) is 13.6. The molecule has 0 radical (unpaired) electrons. The van der Waals surface area contributed by atoms with E-state index in [0.717, 1.165) is 31.6 Å². The fourth-order valence-corrected chi connectivity index (χ4v) is 2.16. The molecule has 5 nitrogen and oxygen atoms in total. The summed E-state index contributed by atoms with van der Waals surface area (Å²) in [6, 6.07) is 3.91. The molecule has 0 aromatic heterocycles. The van der Waals surface area contributed by atoms with Crippen LogP contribution in [0.15, 0.2) is 22.4 Å². The summed E-state index contributed by atoms with van der Waals surface area (Å²) in [5.74, 6) is -0.707. The number of carbonyl (C=O) groups is 1. The Labute approximate surface area is 113 Å². The van der Waals surface area contributed by atoms with Gasteiger partial charge in [-0.2, -0.15) is 10.5 Å². The van der Waals surface area contributed by atoms with Crippen molar-refractivity contribution in [1.29, 1.82) is 10.5 Å². The van der Waals surface area contributed by atoms with Gasteiger partial charge in [-0.1, -0.05) is 0 Å². The maximum atomic E-state index is 11.5. The van der Waals surface area contributed by atoms with Gasteiger partial charge in [0.1, 0.15) is 17.7 Å². The molecule has 0 N–H and O–H groups in total. The maximum absolute atomic E-state index is 11.5. The lowest BCUT2D eigenvalue weighted by Crippen LogP contribution is -2.19. The van der Waals surface area contributed by atoms with Gasteiger partial charge in [-0.15, -0.1) is 0 Å². The highest BCUT2D eigenvalue weighted by Gasteiger charge is 2.20. The molecular formula is C14H17N3O2. The zero-order valence-corrected chi connectivity index (χ0v) is 11.5. The Hall–Kier alpha value is -2.27. The second kappa shape index (κ2) is 6.61. The molecular weight excluding hydrogens is 242 g/mol. The summed E-state index contributed by atoms with van der Waals surface area (Å²) in [7, 11) is 1.22. The molecule has 1 rings (SSSR count). The topological polar surface area (TPSA) is 77.1 Å². The van der Waals surface area contributed by atoms with Crippen LogP contribution in [0, 0.1) is 22.7 Å². The number of hydrogen-bond donors (Lipinski definition) is 0. The first-order valence-electron chi connectivity index (χ1n) is 6.12. The van der Waals surface area contributed by atoms with Gasteiger partial charge < -0.3 is 9.64 Å². The van der Waals surface area contributed by atoms with Crippen molar-refractivity contribution in [3.63, 3.8) is 0 Å². The number of allylic oxidation sites excluding steroid dienone is 3. The first kappa shape index (κ1) is 14.8. The minimum absolute atomic E-state index is 0.113. The summed E-state index contributed by atoms with van der Waals surface area (Å²) in [6.07, 6.45) is 2.20. The second-order valence-corrected chi connectivity index (χ2v) is 4.37. The molecule has 0 saturated carbocycles. The first-order chi connectivity index (χ1) is 9.06. The van der Waals surface area contributed by atoms with Crippen LogP contribution in [-0.2, 0) is 9.53 Å². The Morgan fingerprint density at radius 3 is 2.05 bits per heavy atom. The molecule has 0 amide bonds. The van der Waals surface area contributed by atoms with E-state index >= 15 is 0 Å². The van der Waals surface area contributed by atoms with Crippen molar-refractivity contribution < 1.29 is 9.53 Å². The molecule has 1 aliphatic heterocycles. The van der Waals surface area contributed by atoms with Gasteiger partial charge in [0.15, 0.2) is 0 Å². The van der Waals surface area contributed by atoms with Gasteiger partial charge in [0.2, 0.25) is 0 Å². The molecule has 1 saturated heterocycles. The van der Waals surface area contributed by atoms with Crippen molar-refractivity contribution >= 4 is 5.97 Å². The summed E-state index contributed by atoms with van der Waals surface area (Å²) >= 11 is 0. The van der Waals surface area contributed by atoms with Crippen molar-refractivity contribution in [3.05, 3.63) is 22.4 Å². The molecule has 19 heavy (non-hydrogen) atoms. The summed E-state index contributed by atoms with van der Waals surface area (Å²) < 4.78 is 4.56. The number of ether oxygens (including phenoxy) is 1. The van der Waals surface area contributed by atoms with E-state index in [2.05, 4.69) is 15.7 Å². The lowest BCUT2D eigenvalue weighted by Gasteiger charge is -2.20. The second-order valence-electron chi connectivity index (χ2n) is 4.37. The fraction of sp³-hybridized carbons (Fsp3) is 0.500. The highest BCUT2D eigenvalue weighted by molar-refractivity contribution is 5.94. The SMILES string of the molecule is COC(=O)/C(C#N)=C(C)\C(C#N)=C(/C)N1CCCC1. The van der Waals surface area contributed by atoms with E-state index in [4.69, 9.17) is 5.26 Å². The Kier molecular flexibility index (Phi) is 5.14. The zero-order chi connectivity index (χ0) is 14.4. The number of hydrogen-bond acceptors (Lipinski definition) is 5. The number of esters is 1. The number of carbonyl (C=O) groups excluding carboxylic acids is 1. The fourth-order valence-electron chi connectivity index (χ4n) is 2.16. The van der Waals surface area contributed by atoms with E-state index in [1.54, 1.807) is 6.92 Å². The van der Waals surface area contributed by atoms with E-state index < -0.39 is 5.97 Å². The predicted molar refractivity (Wildman–Crippen MR) is 69.4 cm³/mol. The van der Waals surface area contributed by atoms with Crippen molar-refractivity contribution in [2.24, 2.45) is 0 Å². The highest BCUT2D eigenvalue weighted by Crippen LogP contribution is 2.23. The highest BCUT2D eigenvalue weighted by atomic mass is 16.5. The van der Waals surface area contributed by atoms with E-state index in [0.29, 0.717) is 11.1 Å². The number of nitrogens with zero attached hydrogens (tertiary/aromatic N) is 3. The van der Waals surface area contributed by atoms with Crippen molar-refractivity contribution in [2.45, 2.75) is 26.7 Å². The third-order valence-corrected chi connectivity index (χ3v) is 3.31. The molecule has 0 atom stereocenters. The number of likely N-dealkylation sites (tertiary alicyclic amines) is 1. The molecule has 100 valence electrons. The van der Waals surface area contributed by atoms with Crippen molar-refractivity contribution in [3.8, 4) is 12.1 Å². The molecule has 1 fully saturated rings. The van der Waals surface area contributed by atoms with Gasteiger partial charge in [0.25, 0.3) is 0 Å². The molecule has 0 aliphatic carbocycles. The number of methoxy groups -OCH3 is 1. The van der Waals surface area contributed by atoms with Crippen LogP contribution >= 0.6 is 0 Å². The van der Waals surface area contributed by atoms with Gasteiger partial charge >= 0.3 is 5.97 Å². The van der Waals surface area contributed by atoms with E-state index in [1.807, 2.05) is 13.0 Å². The van der Waals surface area contributed by atoms with E-state index in [-0.39, 0.29) is 5.57 Å². The Balaban J connectivity index is 3.26. The predicted octanol–water partition coefficient (Wildman–Crippen LogP) is 1.89. The van der Waals surface area contributed by atoms with Gasteiger partial charge in [0, 0.05) is 18.8 Å². The Bertz CT molecular complexity index is 512. The zero-order valence-electron chi connectivity index (χ0n) is 11.5. The monoisotopic (exact) mass is 259 g/mol. The average Bonchev–Trinajstić information content (AvgIpc) is 2.93. The first-order valence-corrected chi connectivity index (χ1v) is 6.12. The minimum Gasteiger partial charge on any atom is -0.465 e. The van der Waals surface area contributed by atoms with Crippen LogP contribution in [0.3, 0.4) is 0 Å². The van der Waals surface area contributed by atoms with Gasteiger partial charge in [0.05, 0.1) is 12.7 Å². The van der Waals surface area contributed by atoms with Crippen LogP contribution in [0.2, 0.25) is 0 Å². The third-order valence-electron chi connectivity index (χ3n) is 3.31.